The van der Waals surface area contributed by atoms with Crippen molar-refractivity contribution >= 4 is 17.0 Å². The molecule has 1 N–H and O–H groups in total. The van der Waals surface area contributed by atoms with Crippen LogP contribution in [0.1, 0.15) is 11.8 Å². The number of fused-ring (bicyclic) bond motifs is 1. The van der Waals surface area contributed by atoms with Gasteiger partial charge in [-0.1, -0.05) is 18.2 Å². The monoisotopic (exact) mass is 423 g/mol. The van der Waals surface area contributed by atoms with E-state index in [0.29, 0.717) is 35.7 Å². The van der Waals surface area contributed by atoms with E-state index in [0.717, 1.165) is 18.1 Å². The number of ether oxygens (including phenoxy) is 2. The Labute approximate surface area is 176 Å². The van der Waals surface area contributed by atoms with E-state index in [1.54, 1.807) is 18.3 Å². The molecule has 1 aliphatic heterocycles. The van der Waals surface area contributed by atoms with Gasteiger partial charge in [-0.2, -0.15) is 8.78 Å². The third-order valence-electron chi connectivity index (χ3n) is 5.07. The van der Waals surface area contributed by atoms with E-state index in [-0.39, 0.29) is 11.9 Å². The minimum Gasteiger partial charge on any atom is -0.435 e. The van der Waals surface area contributed by atoms with Gasteiger partial charge >= 0.3 is 6.61 Å². The largest absolute Gasteiger partial charge is 0.435 e. The van der Waals surface area contributed by atoms with Crippen molar-refractivity contribution in [1.29, 1.82) is 0 Å². The molecule has 0 saturated carbocycles. The van der Waals surface area contributed by atoms with E-state index >= 15 is 0 Å². The molecule has 1 atom stereocenters. The van der Waals surface area contributed by atoms with Gasteiger partial charge in [0.05, 0.1) is 18.8 Å². The summed E-state index contributed by atoms with van der Waals surface area (Å²) >= 11 is 0. The highest BCUT2D eigenvalue weighted by Gasteiger charge is 2.24. The summed E-state index contributed by atoms with van der Waals surface area (Å²) in [6.45, 7) is -0.940. The van der Waals surface area contributed by atoms with Crippen LogP contribution in [0.5, 0.6) is 5.75 Å². The first-order valence-electron chi connectivity index (χ1n) is 9.85. The summed E-state index contributed by atoms with van der Waals surface area (Å²) in [5.41, 5.74) is 2.84. The third-order valence-corrected chi connectivity index (χ3v) is 5.07. The minimum absolute atomic E-state index is 0.0792. The van der Waals surface area contributed by atoms with Crippen LogP contribution in [-0.4, -0.2) is 46.2 Å². The summed E-state index contributed by atoms with van der Waals surface area (Å²) in [6, 6.07) is 16.0. The first kappa shape index (κ1) is 19.4. The predicted octanol–water partition coefficient (Wildman–Crippen LogP) is 4.20. The minimum atomic E-state index is -2.88. The first-order valence-corrected chi connectivity index (χ1v) is 9.85. The number of aromatic nitrogens is 4. The maximum Gasteiger partial charge on any atom is 0.387 e. The van der Waals surface area contributed by atoms with Crippen LogP contribution < -0.4 is 9.64 Å². The highest BCUT2D eigenvalue weighted by Crippen LogP contribution is 2.27. The number of imidazole rings is 1. The lowest BCUT2D eigenvalue weighted by atomic mass is 10.2. The van der Waals surface area contributed by atoms with Crippen molar-refractivity contribution < 1.29 is 18.3 Å². The fourth-order valence-electron chi connectivity index (χ4n) is 3.62. The number of halogens is 2. The van der Waals surface area contributed by atoms with Gasteiger partial charge in [-0.25, -0.2) is 9.97 Å². The Morgan fingerprint density at radius 2 is 2.03 bits per heavy atom. The SMILES string of the molecule is FC(F)Oc1cccc(-c2nc3ccc(N4CCO[C@@H](c5ccccn5)C4)nc3[nH]2)c1. The van der Waals surface area contributed by atoms with E-state index in [2.05, 4.69) is 24.6 Å². The number of rotatable bonds is 5. The smallest absolute Gasteiger partial charge is 0.387 e. The summed E-state index contributed by atoms with van der Waals surface area (Å²) in [6.07, 6.45) is 1.64. The maximum atomic E-state index is 12.5. The lowest BCUT2D eigenvalue weighted by Crippen LogP contribution is -2.39. The molecule has 3 aromatic heterocycles. The number of aromatic amines is 1. The Morgan fingerprint density at radius 1 is 1.10 bits per heavy atom. The molecule has 0 spiro atoms. The molecule has 5 rings (SSSR count). The van der Waals surface area contributed by atoms with Crippen molar-refractivity contribution in [2.75, 3.05) is 24.6 Å². The number of nitrogens with one attached hydrogen (secondary N) is 1. The van der Waals surface area contributed by atoms with Crippen molar-refractivity contribution in [1.82, 2.24) is 19.9 Å². The van der Waals surface area contributed by atoms with Crippen LogP contribution in [0.25, 0.3) is 22.6 Å². The number of nitrogens with zero attached hydrogens (tertiary/aromatic N) is 4. The van der Waals surface area contributed by atoms with E-state index in [1.165, 1.54) is 12.1 Å². The van der Waals surface area contributed by atoms with Crippen LogP contribution in [0.3, 0.4) is 0 Å². The second-order valence-corrected chi connectivity index (χ2v) is 7.09. The molecule has 9 heteroatoms. The Bertz CT molecular complexity index is 1180. The molecular weight excluding hydrogens is 404 g/mol. The van der Waals surface area contributed by atoms with Gasteiger partial charge in [-0.3, -0.25) is 4.98 Å². The first-order chi connectivity index (χ1) is 15.2. The summed E-state index contributed by atoms with van der Waals surface area (Å²) in [4.78, 5) is 19.0. The van der Waals surface area contributed by atoms with Crippen molar-refractivity contribution in [3.8, 4) is 17.1 Å². The average molecular weight is 423 g/mol. The molecule has 1 aromatic carbocycles. The molecule has 0 amide bonds. The molecular formula is C22H19F2N5O2. The quantitative estimate of drug-likeness (QED) is 0.519. The Kier molecular flexibility index (Phi) is 5.17. The van der Waals surface area contributed by atoms with Gasteiger partial charge in [0.1, 0.15) is 29.0 Å². The van der Waals surface area contributed by atoms with Gasteiger partial charge in [-0.15, -0.1) is 0 Å². The normalized spacial score (nSPS) is 16.7. The van der Waals surface area contributed by atoms with Crippen LogP contribution >= 0.6 is 0 Å². The summed E-state index contributed by atoms with van der Waals surface area (Å²) < 4.78 is 35.4. The molecule has 0 aliphatic carbocycles. The lowest BCUT2D eigenvalue weighted by Gasteiger charge is -2.33. The molecule has 1 fully saturated rings. The van der Waals surface area contributed by atoms with Gasteiger partial charge in [0.25, 0.3) is 0 Å². The molecule has 7 nitrogen and oxygen atoms in total. The zero-order valence-electron chi connectivity index (χ0n) is 16.4. The van der Waals surface area contributed by atoms with Crippen LogP contribution in [0, 0.1) is 0 Å². The van der Waals surface area contributed by atoms with Gasteiger partial charge in [0, 0.05) is 18.3 Å². The molecule has 0 unspecified atom stereocenters. The molecule has 158 valence electrons. The Balaban J connectivity index is 1.40. The van der Waals surface area contributed by atoms with Crippen molar-refractivity contribution in [2.24, 2.45) is 0 Å². The number of hydrogen-bond donors (Lipinski definition) is 1. The topological polar surface area (TPSA) is 76.2 Å². The van der Waals surface area contributed by atoms with E-state index in [4.69, 9.17) is 9.72 Å². The van der Waals surface area contributed by atoms with Gasteiger partial charge in [-0.05, 0) is 36.4 Å². The molecule has 4 heterocycles. The summed E-state index contributed by atoms with van der Waals surface area (Å²) in [5, 5.41) is 0. The molecule has 1 saturated heterocycles. The number of anilines is 1. The van der Waals surface area contributed by atoms with Crippen LogP contribution in [0.2, 0.25) is 0 Å². The molecule has 31 heavy (non-hydrogen) atoms. The fraction of sp³-hybridized carbons (Fsp3) is 0.227. The number of morpholine rings is 1. The molecule has 4 aromatic rings. The lowest BCUT2D eigenvalue weighted by molar-refractivity contribution is -0.0498. The third kappa shape index (κ3) is 4.17. The van der Waals surface area contributed by atoms with Crippen LogP contribution in [0.15, 0.2) is 60.8 Å². The predicted molar refractivity (Wildman–Crippen MR) is 111 cm³/mol. The highest BCUT2D eigenvalue weighted by atomic mass is 19.3. The zero-order chi connectivity index (χ0) is 21.2. The fourth-order valence-corrected chi connectivity index (χ4v) is 3.62. The average Bonchev–Trinajstić information content (AvgIpc) is 3.23. The van der Waals surface area contributed by atoms with Crippen molar-refractivity contribution in [2.45, 2.75) is 12.7 Å². The second kappa shape index (κ2) is 8.27. The van der Waals surface area contributed by atoms with E-state index < -0.39 is 6.61 Å². The molecule has 1 aliphatic rings. The van der Waals surface area contributed by atoms with Crippen molar-refractivity contribution in [3.63, 3.8) is 0 Å². The number of benzene rings is 1. The Morgan fingerprint density at radius 3 is 2.87 bits per heavy atom. The van der Waals surface area contributed by atoms with Crippen LogP contribution in [0.4, 0.5) is 14.6 Å². The molecule has 0 bridgehead atoms. The zero-order valence-corrected chi connectivity index (χ0v) is 16.4. The second-order valence-electron chi connectivity index (χ2n) is 7.09. The Hall–Kier alpha value is -3.59. The number of pyridine rings is 2. The molecule has 0 radical (unpaired) electrons. The van der Waals surface area contributed by atoms with Crippen LogP contribution in [-0.2, 0) is 4.74 Å². The standard InChI is InChI=1S/C22H19F2N5O2/c23-22(24)31-15-5-3-4-14(12-15)20-26-17-7-8-19(27-21(17)28-20)29-10-11-30-18(13-29)16-6-1-2-9-25-16/h1-9,12,18,22H,10-11,13H2,(H,26,27,28)/t18-/m1/s1. The highest BCUT2D eigenvalue weighted by molar-refractivity contribution is 5.78. The van der Waals surface area contributed by atoms with Gasteiger partial charge < -0.3 is 19.4 Å². The number of H-pyrrole nitrogens is 1. The van der Waals surface area contributed by atoms with Gasteiger partial charge in [0.15, 0.2) is 5.65 Å². The summed E-state index contributed by atoms with van der Waals surface area (Å²) in [7, 11) is 0. The number of alkyl halides is 2. The van der Waals surface area contributed by atoms with E-state index in [1.807, 2.05) is 30.3 Å². The maximum absolute atomic E-state index is 12.5. The van der Waals surface area contributed by atoms with E-state index in [9.17, 15) is 8.78 Å². The van der Waals surface area contributed by atoms with Crippen molar-refractivity contribution in [3.05, 3.63) is 66.5 Å². The summed E-state index contributed by atoms with van der Waals surface area (Å²) in [5.74, 6) is 1.42. The van der Waals surface area contributed by atoms with Gasteiger partial charge in [0.2, 0.25) is 0 Å². The number of hydrogen-bond acceptors (Lipinski definition) is 6.